The molecule has 24 heavy (non-hydrogen) atoms. The monoisotopic (exact) mass is 361 g/mol. The number of ether oxygens (including phenoxy) is 1. The van der Waals surface area contributed by atoms with Crippen LogP contribution in [0.25, 0.3) is 0 Å². The molecule has 1 saturated heterocycles. The molecule has 10 nitrogen and oxygen atoms in total. The van der Waals surface area contributed by atoms with Crippen LogP contribution in [0.1, 0.15) is 19.6 Å². The van der Waals surface area contributed by atoms with E-state index in [0.717, 1.165) is 10.8 Å². The summed E-state index contributed by atoms with van der Waals surface area (Å²) in [6, 6.07) is 1.33. The van der Waals surface area contributed by atoms with Gasteiger partial charge in [0.15, 0.2) is 6.23 Å². The van der Waals surface area contributed by atoms with Gasteiger partial charge in [-0.1, -0.05) is 6.92 Å². The Morgan fingerprint density at radius 2 is 2.17 bits per heavy atom. The second-order valence-electron chi connectivity index (χ2n) is 5.27. The van der Waals surface area contributed by atoms with Crippen LogP contribution in [0, 0.1) is 0 Å². The largest absolute Gasteiger partial charge is 0.387 e. The Bertz CT molecular complexity index is 789. The van der Waals surface area contributed by atoms with Gasteiger partial charge in [0.1, 0.15) is 29.9 Å². The highest BCUT2D eigenvalue weighted by Crippen LogP contribution is 2.33. The van der Waals surface area contributed by atoms with Crippen LogP contribution in [-0.4, -0.2) is 52.7 Å². The molecule has 0 unspecified atom stereocenters. The smallest absolute Gasteiger partial charge is 0.351 e. The predicted octanol–water partition coefficient (Wildman–Crippen LogP) is -1.29. The molecule has 0 radical (unpaired) electrons. The van der Waals surface area contributed by atoms with E-state index in [2.05, 4.69) is 4.98 Å². The average Bonchev–Trinajstić information content (AvgIpc) is 2.74. The summed E-state index contributed by atoms with van der Waals surface area (Å²) in [5, 5.41) is 20.3. The first kappa shape index (κ1) is 18.4. The Hall–Kier alpha value is -1.95. The molecule has 0 aromatic carbocycles. The highest BCUT2D eigenvalue weighted by Gasteiger charge is 2.47. The summed E-state index contributed by atoms with van der Waals surface area (Å²) in [7, 11) is -3.86. The summed E-state index contributed by atoms with van der Waals surface area (Å²) in [5.74, 6) is -0.168. The average molecular weight is 361 g/mol. The fourth-order valence-corrected chi connectivity index (χ4v) is 2.83. The number of anilines is 1. The summed E-state index contributed by atoms with van der Waals surface area (Å²) >= 11 is 0. The second-order valence-corrected chi connectivity index (χ2v) is 6.85. The van der Waals surface area contributed by atoms with Gasteiger partial charge in [0.2, 0.25) is 0 Å². The van der Waals surface area contributed by atoms with Gasteiger partial charge in [0.05, 0.1) is 6.26 Å². The minimum absolute atomic E-state index is 0.00665. The lowest BCUT2D eigenvalue weighted by atomic mass is 10.1. The number of aromatic nitrogens is 2. The Labute approximate surface area is 138 Å². The standard InChI is InChI=1S/C13H19N3O7S/c1-3-4-7(23-24(2,20)21)11-9(17)10(18)12(22-11)16-6-5-8(14)15-13(16)19/h4-6,9-12,17-18H,3H2,1-2H3,(H2,14,15,19)/t9-,10+,11+,12+/m0/s1. The highest BCUT2D eigenvalue weighted by molar-refractivity contribution is 7.86. The Morgan fingerprint density at radius 3 is 2.71 bits per heavy atom. The first-order valence-corrected chi connectivity index (χ1v) is 8.91. The van der Waals surface area contributed by atoms with Gasteiger partial charge in [-0.2, -0.15) is 13.4 Å². The fourth-order valence-electron chi connectivity index (χ4n) is 2.32. The first-order chi connectivity index (χ1) is 11.1. The van der Waals surface area contributed by atoms with Crippen molar-refractivity contribution in [2.45, 2.75) is 37.9 Å². The third-order valence-electron chi connectivity index (χ3n) is 3.30. The van der Waals surface area contributed by atoms with Crippen molar-refractivity contribution in [1.29, 1.82) is 0 Å². The molecular formula is C13H19N3O7S. The Balaban J connectivity index is 2.35. The van der Waals surface area contributed by atoms with Gasteiger partial charge in [-0.3, -0.25) is 4.57 Å². The molecular weight excluding hydrogens is 342 g/mol. The first-order valence-electron chi connectivity index (χ1n) is 7.09. The molecule has 4 N–H and O–H groups in total. The van der Waals surface area contributed by atoms with Crippen molar-refractivity contribution in [3.05, 3.63) is 34.6 Å². The lowest BCUT2D eigenvalue weighted by molar-refractivity contribution is -0.0373. The number of rotatable bonds is 5. The fraction of sp³-hybridized carbons (Fsp3) is 0.538. The van der Waals surface area contributed by atoms with Crippen LogP contribution in [0.4, 0.5) is 5.82 Å². The van der Waals surface area contributed by atoms with Crippen molar-refractivity contribution in [2.75, 3.05) is 12.0 Å². The molecule has 11 heteroatoms. The zero-order chi connectivity index (χ0) is 18.1. The summed E-state index contributed by atoms with van der Waals surface area (Å²) in [5.41, 5.74) is 4.62. The third kappa shape index (κ3) is 3.93. The van der Waals surface area contributed by atoms with Crippen molar-refractivity contribution in [3.8, 4) is 0 Å². The van der Waals surface area contributed by atoms with Crippen molar-refractivity contribution in [3.63, 3.8) is 0 Å². The molecule has 0 amide bonds. The molecule has 0 aliphatic carbocycles. The highest BCUT2D eigenvalue weighted by atomic mass is 32.2. The number of aliphatic hydroxyl groups excluding tert-OH is 2. The van der Waals surface area contributed by atoms with Crippen LogP contribution < -0.4 is 11.4 Å². The Kier molecular flexibility index (Phi) is 5.28. The molecule has 1 aromatic rings. The van der Waals surface area contributed by atoms with Crippen molar-refractivity contribution in [2.24, 2.45) is 0 Å². The van der Waals surface area contributed by atoms with Gasteiger partial charge in [-0.05, 0) is 18.6 Å². The number of nitrogens with two attached hydrogens (primary N) is 1. The number of hydrogen-bond donors (Lipinski definition) is 3. The van der Waals surface area contributed by atoms with Gasteiger partial charge in [-0.25, -0.2) is 4.79 Å². The third-order valence-corrected chi connectivity index (χ3v) is 3.79. The molecule has 1 aromatic heterocycles. The molecule has 134 valence electrons. The second kappa shape index (κ2) is 6.89. The predicted molar refractivity (Wildman–Crippen MR) is 83.1 cm³/mol. The van der Waals surface area contributed by atoms with Crippen LogP contribution in [0.5, 0.6) is 0 Å². The zero-order valence-corrected chi connectivity index (χ0v) is 13.9. The van der Waals surface area contributed by atoms with Gasteiger partial charge < -0.3 is 24.9 Å². The van der Waals surface area contributed by atoms with E-state index in [1.165, 1.54) is 18.3 Å². The maximum Gasteiger partial charge on any atom is 0.351 e. The van der Waals surface area contributed by atoms with Gasteiger partial charge >= 0.3 is 15.8 Å². The molecule has 2 rings (SSSR count). The lowest BCUT2D eigenvalue weighted by Gasteiger charge is -2.18. The Morgan fingerprint density at radius 1 is 1.50 bits per heavy atom. The van der Waals surface area contributed by atoms with E-state index in [1.807, 2.05) is 0 Å². The molecule has 4 atom stereocenters. The van der Waals surface area contributed by atoms with E-state index in [0.29, 0.717) is 6.42 Å². The van der Waals surface area contributed by atoms with Crippen LogP contribution in [-0.2, 0) is 19.0 Å². The van der Waals surface area contributed by atoms with Gasteiger partial charge in [0, 0.05) is 6.20 Å². The quantitative estimate of drug-likeness (QED) is 0.429. The van der Waals surface area contributed by atoms with E-state index < -0.39 is 40.3 Å². The van der Waals surface area contributed by atoms with Crippen molar-refractivity contribution >= 4 is 15.9 Å². The topological polar surface area (TPSA) is 154 Å². The number of allylic oxidation sites excluding steroid dienone is 1. The number of nitrogen functional groups attached to an aromatic ring is 1. The molecule has 1 aliphatic heterocycles. The van der Waals surface area contributed by atoms with Crippen LogP contribution >= 0.6 is 0 Å². The van der Waals surface area contributed by atoms with Crippen LogP contribution in [0.3, 0.4) is 0 Å². The SMILES string of the molecule is CCC=C(OS(C)(=O)=O)[C@H]1O[C@@H](n2ccc(N)nc2=O)[C@H](O)[C@@H]1O. The van der Waals surface area contributed by atoms with Crippen LogP contribution in [0.2, 0.25) is 0 Å². The van der Waals surface area contributed by atoms with E-state index in [9.17, 15) is 23.4 Å². The summed E-state index contributed by atoms with van der Waals surface area (Å²) in [6.45, 7) is 1.73. The van der Waals surface area contributed by atoms with E-state index >= 15 is 0 Å². The molecule has 1 aliphatic rings. The maximum atomic E-state index is 11.9. The molecule has 0 bridgehead atoms. The normalized spacial score (nSPS) is 28.1. The van der Waals surface area contributed by atoms with Gasteiger partial charge in [0.25, 0.3) is 0 Å². The molecule has 1 fully saturated rings. The summed E-state index contributed by atoms with van der Waals surface area (Å²) < 4.78 is 34.0. The van der Waals surface area contributed by atoms with Gasteiger partial charge in [-0.15, -0.1) is 0 Å². The summed E-state index contributed by atoms with van der Waals surface area (Å²) in [6.07, 6.45) is -1.61. The number of hydrogen-bond acceptors (Lipinski definition) is 9. The minimum atomic E-state index is -3.86. The van der Waals surface area contributed by atoms with E-state index in [-0.39, 0.29) is 11.6 Å². The van der Waals surface area contributed by atoms with Crippen molar-refractivity contribution < 1.29 is 27.6 Å². The zero-order valence-electron chi connectivity index (χ0n) is 13.1. The van der Waals surface area contributed by atoms with E-state index in [1.54, 1.807) is 6.92 Å². The molecule has 0 spiro atoms. The minimum Gasteiger partial charge on any atom is -0.387 e. The van der Waals surface area contributed by atoms with Crippen molar-refractivity contribution in [1.82, 2.24) is 9.55 Å². The van der Waals surface area contributed by atoms with E-state index in [4.69, 9.17) is 14.7 Å². The number of nitrogens with zero attached hydrogens (tertiary/aromatic N) is 2. The summed E-state index contributed by atoms with van der Waals surface area (Å²) in [4.78, 5) is 15.4. The lowest BCUT2D eigenvalue weighted by Crippen LogP contribution is -2.36. The maximum absolute atomic E-state index is 11.9. The molecule has 0 saturated carbocycles. The molecule has 2 heterocycles. The number of aliphatic hydroxyl groups is 2. The van der Waals surface area contributed by atoms with Crippen LogP contribution in [0.15, 0.2) is 28.9 Å².